The van der Waals surface area contributed by atoms with Gasteiger partial charge in [0.25, 0.3) is 5.91 Å². The number of hydrogen-bond acceptors (Lipinski definition) is 5. The van der Waals surface area contributed by atoms with Crippen LogP contribution < -0.4 is 14.4 Å². The maximum absolute atomic E-state index is 13.0. The fraction of sp³-hybridized carbons (Fsp3) is 0.238. The van der Waals surface area contributed by atoms with Gasteiger partial charge in [0.1, 0.15) is 0 Å². The van der Waals surface area contributed by atoms with Gasteiger partial charge in [0.15, 0.2) is 15.8 Å². The molecule has 1 heterocycles. The van der Waals surface area contributed by atoms with E-state index in [9.17, 15) is 4.79 Å². The lowest BCUT2D eigenvalue weighted by Gasteiger charge is -2.15. The highest BCUT2D eigenvalue weighted by molar-refractivity contribution is 14.1. The van der Waals surface area contributed by atoms with E-state index in [1.165, 1.54) is 16.7 Å². The Morgan fingerprint density at radius 3 is 2.72 bits per heavy atom. The van der Waals surface area contributed by atoms with E-state index in [1.807, 2.05) is 31.2 Å². The fourth-order valence-corrected chi connectivity index (χ4v) is 5.00. The van der Waals surface area contributed by atoms with E-state index in [0.717, 1.165) is 21.3 Å². The molecule has 3 rings (SSSR count). The van der Waals surface area contributed by atoms with Crippen molar-refractivity contribution in [1.29, 1.82) is 0 Å². The molecule has 1 amide bonds. The van der Waals surface area contributed by atoms with Gasteiger partial charge in [0.05, 0.1) is 27.4 Å². The minimum Gasteiger partial charge on any atom is -0.490 e. The van der Waals surface area contributed by atoms with Crippen LogP contribution >= 0.6 is 58.2 Å². The van der Waals surface area contributed by atoms with Crippen LogP contribution in [0.25, 0.3) is 6.08 Å². The first kappa shape index (κ1) is 22.4. The minimum absolute atomic E-state index is 0.165. The van der Waals surface area contributed by atoms with Crippen molar-refractivity contribution in [3.8, 4) is 11.5 Å². The number of anilines is 1. The van der Waals surface area contributed by atoms with Crippen LogP contribution in [0.15, 0.2) is 41.3 Å². The van der Waals surface area contributed by atoms with Gasteiger partial charge in [0.2, 0.25) is 0 Å². The summed E-state index contributed by atoms with van der Waals surface area (Å²) in [5, 5.41) is 0.555. The number of hydrogen-bond donors (Lipinski definition) is 0. The van der Waals surface area contributed by atoms with Gasteiger partial charge in [-0.15, -0.1) is 0 Å². The third-order valence-corrected chi connectivity index (χ3v) is 6.28. The highest BCUT2D eigenvalue weighted by atomic mass is 127. The van der Waals surface area contributed by atoms with E-state index < -0.39 is 0 Å². The van der Waals surface area contributed by atoms with Crippen molar-refractivity contribution in [3.05, 3.63) is 55.5 Å². The van der Waals surface area contributed by atoms with Crippen LogP contribution in [0.2, 0.25) is 5.02 Å². The second-order valence-corrected chi connectivity index (χ2v) is 9.38. The van der Waals surface area contributed by atoms with Crippen LogP contribution in [0.4, 0.5) is 5.69 Å². The van der Waals surface area contributed by atoms with E-state index in [4.69, 9.17) is 33.3 Å². The molecule has 2 aromatic carbocycles. The molecule has 0 saturated carbocycles. The lowest BCUT2D eigenvalue weighted by molar-refractivity contribution is -0.113. The molecule has 0 spiro atoms. The van der Waals surface area contributed by atoms with Crippen molar-refractivity contribution in [2.75, 3.05) is 18.1 Å². The SMILES string of the molecule is CCCOc1c(I)cc(/C=C2/SC(=S)N(c3cccc(Cl)c3)C2=O)cc1OCC. The van der Waals surface area contributed by atoms with Crippen LogP contribution in [0.5, 0.6) is 11.5 Å². The Morgan fingerprint density at radius 2 is 2.03 bits per heavy atom. The van der Waals surface area contributed by atoms with E-state index >= 15 is 0 Å². The summed E-state index contributed by atoms with van der Waals surface area (Å²) in [6, 6.07) is 11.0. The average Bonchev–Trinajstić information content (AvgIpc) is 2.94. The number of amides is 1. The van der Waals surface area contributed by atoms with Crippen LogP contribution in [-0.2, 0) is 4.79 Å². The highest BCUT2D eigenvalue weighted by Crippen LogP contribution is 2.39. The topological polar surface area (TPSA) is 38.8 Å². The minimum atomic E-state index is -0.165. The maximum atomic E-state index is 13.0. The standard InChI is InChI=1S/C21H19ClINO3S2/c1-3-8-27-19-16(23)9-13(10-17(19)26-4-2)11-18-20(25)24(21(28)29-18)15-7-5-6-14(22)12-15/h5-7,9-12H,3-4,8H2,1-2H3/b18-11+. The Morgan fingerprint density at radius 1 is 1.24 bits per heavy atom. The fourth-order valence-electron chi connectivity index (χ4n) is 2.74. The van der Waals surface area contributed by atoms with Crippen molar-refractivity contribution in [2.24, 2.45) is 0 Å². The Kier molecular flexibility index (Phi) is 7.84. The Labute approximate surface area is 198 Å². The molecule has 2 aromatic rings. The van der Waals surface area contributed by atoms with Gasteiger partial charge in [-0.2, -0.15) is 0 Å². The Bertz CT molecular complexity index is 980. The molecule has 0 N–H and O–H groups in total. The summed E-state index contributed by atoms with van der Waals surface area (Å²) in [5.74, 6) is 1.24. The highest BCUT2D eigenvalue weighted by Gasteiger charge is 2.33. The number of benzene rings is 2. The monoisotopic (exact) mass is 559 g/mol. The second kappa shape index (κ2) is 10.1. The lowest BCUT2D eigenvalue weighted by atomic mass is 10.1. The van der Waals surface area contributed by atoms with E-state index in [2.05, 4.69) is 29.5 Å². The molecular formula is C21H19ClINO3S2. The molecule has 0 bridgehead atoms. The molecule has 0 aromatic heterocycles. The molecule has 1 aliphatic heterocycles. The first-order valence-electron chi connectivity index (χ1n) is 9.07. The number of halogens is 2. The number of nitrogens with zero attached hydrogens (tertiary/aromatic N) is 1. The molecule has 0 unspecified atom stereocenters. The predicted octanol–water partition coefficient (Wildman–Crippen LogP) is 6.54. The van der Waals surface area contributed by atoms with Crippen LogP contribution in [-0.4, -0.2) is 23.4 Å². The van der Waals surface area contributed by atoms with Crippen molar-refractivity contribution in [1.82, 2.24) is 0 Å². The second-order valence-electron chi connectivity index (χ2n) is 6.11. The zero-order valence-electron chi connectivity index (χ0n) is 15.9. The summed E-state index contributed by atoms with van der Waals surface area (Å²) in [6.45, 7) is 5.13. The Balaban J connectivity index is 1.93. The number of thiocarbonyl (C=S) groups is 1. The Hall–Kier alpha value is -1.29. The van der Waals surface area contributed by atoms with Crippen molar-refractivity contribution in [2.45, 2.75) is 20.3 Å². The molecule has 4 nitrogen and oxygen atoms in total. The summed E-state index contributed by atoms with van der Waals surface area (Å²) in [4.78, 5) is 15.0. The number of thioether (sulfide) groups is 1. The third kappa shape index (κ3) is 5.25. The van der Waals surface area contributed by atoms with Crippen LogP contribution in [0.1, 0.15) is 25.8 Å². The van der Waals surface area contributed by atoms with Gasteiger partial charge >= 0.3 is 0 Å². The summed E-state index contributed by atoms with van der Waals surface area (Å²) < 4.78 is 13.0. The molecular weight excluding hydrogens is 541 g/mol. The van der Waals surface area contributed by atoms with Crippen molar-refractivity contribution < 1.29 is 14.3 Å². The van der Waals surface area contributed by atoms with Gasteiger partial charge in [-0.1, -0.05) is 48.6 Å². The third-order valence-electron chi connectivity index (χ3n) is 3.94. The maximum Gasteiger partial charge on any atom is 0.270 e. The predicted molar refractivity (Wildman–Crippen MR) is 133 cm³/mol. The van der Waals surface area contributed by atoms with Crippen LogP contribution in [0, 0.1) is 3.57 Å². The summed E-state index contributed by atoms with van der Waals surface area (Å²) in [5.41, 5.74) is 1.52. The van der Waals surface area contributed by atoms with Crippen molar-refractivity contribution in [3.63, 3.8) is 0 Å². The van der Waals surface area contributed by atoms with E-state index in [-0.39, 0.29) is 5.91 Å². The first-order valence-corrected chi connectivity index (χ1v) is 11.7. The van der Waals surface area contributed by atoms with Gasteiger partial charge in [-0.25, -0.2) is 0 Å². The first-order chi connectivity index (χ1) is 13.9. The molecule has 1 saturated heterocycles. The average molecular weight is 560 g/mol. The number of carbonyl (C=O) groups excluding carboxylic acids is 1. The molecule has 1 fully saturated rings. The normalized spacial score (nSPS) is 15.3. The molecule has 0 aliphatic carbocycles. The molecule has 0 radical (unpaired) electrons. The van der Waals surface area contributed by atoms with Gasteiger partial charge < -0.3 is 9.47 Å². The largest absolute Gasteiger partial charge is 0.490 e. The number of rotatable bonds is 7. The molecule has 1 aliphatic rings. The number of carbonyl (C=O) groups is 1. The molecule has 0 atom stereocenters. The summed E-state index contributed by atoms with van der Waals surface area (Å²) in [7, 11) is 0. The zero-order valence-corrected chi connectivity index (χ0v) is 20.5. The van der Waals surface area contributed by atoms with Crippen LogP contribution in [0.3, 0.4) is 0 Å². The number of ether oxygens (including phenoxy) is 2. The molecule has 29 heavy (non-hydrogen) atoms. The van der Waals surface area contributed by atoms with Gasteiger partial charge in [-0.05, 0) is 77.9 Å². The quantitative estimate of drug-likeness (QED) is 0.219. The van der Waals surface area contributed by atoms with E-state index in [1.54, 1.807) is 18.2 Å². The lowest BCUT2D eigenvalue weighted by Crippen LogP contribution is -2.27. The van der Waals surface area contributed by atoms with E-state index in [0.29, 0.717) is 38.9 Å². The molecule has 152 valence electrons. The summed E-state index contributed by atoms with van der Waals surface area (Å²) >= 11 is 15.0. The van der Waals surface area contributed by atoms with Crippen molar-refractivity contribution >= 4 is 80.2 Å². The molecule has 8 heteroatoms. The summed E-state index contributed by atoms with van der Waals surface area (Å²) in [6.07, 6.45) is 2.74. The van der Waals surface area contributed by atoms with Gasteiger partial charge in [-0.3, -0.25) is 9.69 Å². The smallest absolute Gasteiger partial charge is 0.270 e. The zero-order chi connectivity index (χ0) is 21.0. The van der Waals surface area contributed by atoms with Gasteiger partial charge in [0, 0.05) is 5.02 Å².